The minimum Gasteiger partial charge on any atom is -0.496 e. The van der Waals surface area contributed by atoms with Gasteiger partial charge in [-0.1, -0.05) is 24.3 Å². The molecule has 0 saturated carbocycles. The zero-order valence-corrected chi connectivity index (χ0v) is 17.8. The SMILES string of the molecule is COc1ccccc1-c1csc(N(C)Cc2ccc(C(=O)NC(C)C(=O)O)cc2)n1. The van der Waals surface area contributed by atoms with Gasteiger partial charge in [0.1, 0.15) is 11.8 Å². The van der Waals surface area contributed by atoms with Gasteiger partial charge < -0.3 is 20.1 Å². The molecule has 1 heterocycles. The first-order valence-corrected chi connectivity index (χ1v) is 10.2. The van der Waals surface area contributed by atoms with E-state index in [1.54, 1.807) is 30.6 Å². The van der Waals surface area contributed by atoms with Crippen LogP contribution in [0.3, 0.4) is 0 Å². The molecule has 0 aliphatic heterocycles. The van der Waals surface area contributed by atoms with E-state index in [1.165, 1.54) is 6.92 Å². The quantitative estimate of drug-likeness (QED) is 0.572. The number of amides is 1. The molecule has 1 aromatic heterocycles. The van der Waals surface area contributed by atoms with Gasteiger partial charge in [0, 0.05) is 30.1 Å². The van der Waals surface area contributed by atoms with E-state index in [9.17, 15) is 9.59 Å². The Morgan fingerprint density at radius 3 is 2.57 bits per heavy atom. The molecule has 0 fully saturated rings. The summed E-state index contributed by atoms with van der Waals surface area (Å²) in [7, 11) is 3.60. The monoisotopic (exact) mass is 425 g/mol. The Labute approximate surface area is 179 Å². The largest absolute Gasteiger partial charge is 0.496 e. The number of carboxylic acids is 1. The minimum absolute atomic E-state index is 0.411. The number of rotatable bonds is 8. The summed E-state index contributed by atoms with van der Waals surface area (Å²) in [6.07, 6.45) is 0. The Morgan fingerprint density at radius 2 is 1.90 bits per heavy atom. The number of benzene rings is 2. The number of nitrogens with zero attached hydrogens (tertiary/aromatic N) is 2. The van der Waals surface area contributed by atoms with Gasteiger partial charge in [0.2, 0.25) is 0 Å². The second-order valence-electron chi connectivity index (χ2n) is 6.80. The van der Waals surface area contributed by atoms with Gasteiger partial charge in [-0.25, -0.2) is 4.98 Å². The maximum atomic E-state index is 12.1. The highest BCUT2D eigenvalue weighted by Crippen LogP contribution is 2.33. The van der Waals surface area contributed by atoms with E-state index in [1.807, 2.05) is 53.7 Å². The Morgan fingerprint density at radius 1 is 1.20 bits per heavy atom. The normalized spacial score (nSPS) is 11.6. The van der Waals surface area contributed by atoms with E-state index in [2.05, 4.69) is 5.32 Å². The lowest BCUT2D eigenvalue weighted by atomic mass is 10.1. The Balaban J connectivity index is 1.67. The topological polar surface area (TPSA) is 91.8 Å². The number of ether oxygens (including phenoxy) is 1. The first-order chi connectivity index (χ1) is 14.4. The van der Waals surface area contributed by atoms with Crippen molar-refractivity contribution >= 4 is 28.3 Å². The van der Waals surface area contributed by atoms with Crippen LogP contribution in [-0.2, 0) is 11.3 Å². The first kappa shape index (κ1) is 21.3. The molecule has 2 aromatic carbocycles. The van der Waals surface area contributed by atoms with Crippen LogP contribution in [-0.4, -0.2) is 42.2 Å². The smallest absolute Gasteiger partial charge is 0.325 e. The van der Waals surface area contributed by atoms with Crippen LogP contribution in [0.4, 0.5) is 5.13 Å². The average molecular weight is 426 g/mol. The van der Waals surface area contributed by atoms with Crippen molar-refractivity contribution in [1.82, 2.24) is 10.3 Å². The molecule has 2 N–H and O–H groups in total. The van der Waals surface area contributed by atoms with E-state index in [-0.39, 0.29) is 0 Å². The van der Waals surface area contributed by atoms with Gasteiger partial charge in [-0.2, -0.15) is 0 Å². The predicted molar refractivity (Wildman–Crippen MR) is 117 cm³/mol. The molecule has 30 heavy (non-hydrogen) atoms. The Kier molecular flexibility index (Phi) is 6.68. The molecule has 0 aliphatic rings. The number of carbonyl (C=O) groups is 2. The van der Waals surface area contributed by atoms with Crippen LogP contribution < -0.4 is 15.0 Å². The summed E-state index contributed by atoms with van der Waals surface area (Å²) in [5.41, 5.74) is 3.23. The summed E-state index contributed by atoms with van der Waals surface area (Å²) >= 11 is 1.55. The van der Waals surface area contributed by atoms with E-state index >= 15 is 0 Å². The molecule has 0 saturated heterocycles. The summed E-state index contributed by atoms with van der Waals surface area (Å²) in [5.74, 6) is -0.702. The number of thiazole rings is 1. The van der Waals surface area contributed by atoms with Crippen LogP contribution >= 0.6 is 11.3 Å². The van der Waals surface area contributed by atoms with Crippen molar-refractivity contribution in [3.8, 4) is 17.0 Å². The number of carboxylic acid groups (broad SMARTS) is 1. The molecule has 0 bridgehead atoms. The molecule has 1 unspecified atom stereocenters. The molecule has 8 heteroatoms. The van der Waals surface area contributed by atoms with Crippen molar-refractivity contribution in [3.05, 3.63) is 65.0 Å². The van der Waals surface area contributed by atoms with E-state index in [4.69, 9.17) is 14.8 Å². The number of carbonyl (C=O) groups excluding carboxylic acids is 1. The highest BCUT2D eigenvalue weighted by atomic mass is 32.1. The molecule has 1 amide bonds. The third kappa shape index (κ3) is 4.96. The number of aliphatic carboxylic acids is 1. The fourth-order valence-corrected chi connectivity index (χ4v) is 3.66. The second-order valence-corrected chi connectivity index (χ2v) is 7.64. The highest BCUT2D eigenvalue weighted by molar-refractivity contribution is 7.14. The third-order valence-corrected chi connectivity index (χ3v) is 5.51. The second kappa shape index (κ2) is 9.41. The van der Waals surface area contributed by atoms with Crippen molar-refractivity contribution in [2.45, 2.75) is 19.5 Å². The summed E-state index contributed by atoms with van der Waals surface area (Å²) in [6.45, 7) is 2.04. The molecule has 0 spiro atoms. The molecule has 3 aromatic rings. The van der Waals surface area contributed by atoms with Crippen LogP contribution in [0.1, 0.15) is 22.8 Å². The summed E-state index contributed by atoms with van der Waals surface area (Å²) < 4.78 is 5.42. The van der Waals surface area contributed by atoms with Crippen LogP contribution in [0, 0.1) is 0 Å². The number of nitrogens with one attached hydrogen (secondary N) is 1. The highest BCUT2D eigenvalue weighted by Gasteiger charge is 2.16. The number of hydrogen-bond acceptors (Lipinski definition) is 6. The number of methoxy groups -OCH3 is 1. The van der Waals surface area contributed by atoms with Gasteiger partial charge in [0.15, 0.2) is 5.13 Å². The fourth-order valence-electron chi connectivity index (χ4n) is 2.86. The first-order valence-electron chi connectivity index (χ1n) is 9.31. The summed E-state index contributed by atoms with van der Waals surface area (Å²) in [4.78, 5) is 29.7. The van der Waals surface area contributed by atoms with E-state index < -0.39 is 17.9 Å². The zero-order chi connectivity index (χ0) is 21.7. The van der Waals surface area contributed by atoms with Crippen molar-refractivity contribution < 1.29 is 19.4 Å². The molecular formula is C22H23N3O4S. The predicted octanol–water partition coefficient (Wildman–Crippen LogP) is 3.66. The lowest BCUT2D eigenvalue weighted by molar-refractivity contribution is -0.138. The van der Waals surface area contributed by atoms with Gasteiger partial charge in [0.05, 0.1) is 12.8 Å². The van der Waals surface area contributed by atoms with Crippen LogP contribution in [0.15, 0.2) is 53.9 Å². The van der Waals surface area contributed by atoms with E-state index in [0.29, 0.717) is 12.1 Å². The van der Waals surface area contributed by atoms with Crippen LogP contribution in [0.25, 0.3) is 11.3 Å². The molecule has 3 rings (SSSR count). The van der Waals surface area contributed by atoms with Crippen molar-refractivity contribution in [2.24, 2.45) is 0 Å². The number of anilines is 1. The van der Waals surface area contributed by atoms with Gasteiger partial charge in [-0.05, 0) is 36.8 Å². The molecule has 1 atom stereocenters. The summed E-state index contributed by atoms with van der Waals surface area (Å²) in [5, 5.41) is 14.2. The maximum Gasteiger partial charge on any atom is 0.325 e. The van der Waals surface area contributed by atoms with Gasteiger partial charge in [0.25, 0.3) is 5.91 Å². The average Bonchev–Trinajstić information content (AvgIpc) is 3.24. The van der Waals surface area contributed by atoms with Gasteiger partial charge >= 0.3 is 5.97 Å². The Hall–Kier alpha value is -3.39. The van der Waals surface area contributed by atoms with Crippen molar-refractivity contribution in [2.75, 3.05) is 19.1 Å². The van der Waals surface area contributed by atoms with Gasteiger partial charge in [-0.3, -0.25) is 9.59 Å². The lowest BCUT2D eigenvalue weighted by Gasteiger charge is -2.16. The molecule has 0 radical (unpaired) electrons. The molecule has 156 valence electrons. The van der Waals surface area contributed by atoms with Crippen LogP contribution in [0.2, 0.25) is 0 Å². The third-order valence-electron chi connectivity index (χ3n) is 4.56. The lowest BCUT2D eigenvalue weighted by Crippen LogP contribution is -2.38. The standard InChI is InChI=1S/C22H23N3O4S/c1-14(21(27)28)23-20(26)16-10-8-15(9-11-16)12-25(2)22-24-18(13-30-22)17-6-4-5-7-19(17)29-3/h4-11,13-14H,12H2,1-3H3,(H,23,26)(H,27,28). The molecule has 0 aliphatic carbocycles. The minimum atomic E-state index is -1.07. The van der Waals surface area contributed by atoms with E-state index in [0.717, 1.165) is 27.7 Å². The fraction of sp³-hybridized carbons (Fsp3) is 0.227. The van der Waals surface area contributed by atoms with Crippen LogP contribution in [0.5, 0.6) is 5.75 Å². The number of aromatic nitrogens is 1. The summed E-state index contributed by atoms with van der Waals surface area (Å²) in [6, 6.07) is 13.9. The number of para-hydroxylation sites is 1. The van der Waals surface area contributed by atoms with Gasteiger partial charge in [-0.15, -0.1) is 11.3 Å². The Bertz CT molecular complexity index is 1030. The number of hydrogen-bond donors (Lipinski definition) is 2. The zero-order valence-electron chi connectivity index (χ0n) is 17.0. The molecule has 7 nitrogen and oxygen atoms in total. The van der Waals surface area contributed by atoms with Crippen molar-refractivity contribution in [3.63, 3.8) is 0 Å². The van der Waals surface area contributed by atoms with Crippen molar-refractivity contribution in [1.29, 1.82) is 0 Å². The maximum absolute atomic E-state index is 12.1. The molecular weight excluding hydrogens is 402 g/mol.